The molecule has 1 amide bonds. The number of carbonyl (C=O) groups is 1. The van der Waals surface area contributed by atoms with Gasteiger partial charge in [-0.15, -0.1) is 11.3 Å². The molecule has 2 aromatic rings. The van der Waals surface area contributed by atoms with E-state index < -0.39 is 0 Å². The summed E-state index contributed by atoms with van der Waals surface area (Å²) in [5.74, 6) is 1.17. The second-order valence-electron chi connectivity index (χ2n) is 6.37. The second-order valence-corrected chi connectivity index (χ2v) is 7.60. The van der Waals surface area contributed by atoms with Crippen molar-refractivity contribution in [1.29, 1.82) is 5.26 Å². The van der Waals surface area contributed by atoms with Crippen molar-refractivity contribution in [3.63, 3.8) is 0 Å². The second kappa shape index (κ2) is 7.30. The van der Waals surface area contributed by atoms with E-state index in [0.29, 0.717) is 22.9 Å². The SMILES string of the molecule is CCc1c(C)sc(Nc2ncnc3c2NC(=O)C(C(C)CC)N3)c1C#N. The fraction of sp³-hybridized carbons (Fsp3) is 0.444. The molecule has 0 radical (unpaired) electrons. The number of carbonyl (C=O) groups excluding carboxylic acids is 1. The van der Waals surface area contributed by atoms with E-state index in [-0.39, 0.29) is 17.9 Å². The number of fused-ring (bicyclic) bond motifs is 1. The molecule has 0 spiro atoms. The lowest BCUT2D eigenvalue weighted by Crippen LogP contribution is -2.43. The summed E-state index contributed by atoms with van der Waals surface area (Å²) in [6, 6.07) is 1.96. The van der Waals surface area contributed by atoms with Crippen LogP contribution in [0.3, 0.4) is 0 Å². The fourth-order valence-corrected chi connectivity index (χ4v) is 4.17. The third-order valence-corrected chi connectivity index (χ3v) is 5.85. The van der Waals surface area contributed by atoms with Gasteiger partial charge in [-0.25, -0.2) is 9.97 Å². The van der Waals surface area contributed by atoms with Crippen molar-refractivity contribution in [3.8, 4) is 6.07 Å². The van der Waals surface area contributed by atoms with Crippen molar-refractivity contribution in [1.82, 2.24) is 9.97 Å². The van der Waals surface area contributed by atoms with Gasteiger partial charge in [0.1, 0.15) is 29.1 Å². The van der Waals surface area contributed by atoms with Crippen LogP contribution in [0.2, 0.25) is 0 Å². The number of hydrogen-bond acceptors (Lipinski definition) is 7. The Kier molecular flexibility index (Phi) is 5.09. The van der Waals surface area contributed by atoms with Gasteiger partial charge in [0.25, 0.3) is 0 Å². The van der Waals surface area contributed by atoms with Gasteiger partial charge in [-0.2, -0.15) is 5.26 Å². The normalized spacial score (nSPS) is 16.9. The minimum Gasteiger partial charge on any atom is -0.356 e. The summed E-state index contributed by atoms with van der Waals surface area (Å²) in [4.78, 5) is 22.1. The Hall–Kier alpha value is -2.66. The van der Waals surface area contributed by atoms with Crippen molar-refractivity contribution in [3.05, 3.63) is 22.3 Å². The molecule has 2 unspecified atom stereocenters. The lowest BCUT2D eigenvalue weighted by molar-refractivity contribution is -0.118. The van der Waals surface area contributed by atoms with Gasteiger partial charge in [-0.3, -0.25) is 4.79 Å². The topological polar surface area (TPSA) is 103 Å². The average Bonchev–Trinajstić information content (AvgIpc) is 2.95. The minimum atomic E-state index is -0.319. The van der Waals surface area contributed by atoms with Crippen LogP contribution in [-0.2, 0) is 11.2 Å². The Bertz CT molecular complexity index is 885. The third kappa shape index (κ3) is 3.10. The largest absolute Gasteiger partial charge is 0.356 e. The van der Waals surface area contributed by atoms with Crippen molar-refractivity contribution in [2.24, 2.45) is 5.92 Å². The van der Waals surface area contributed by atoms with Gasteiger partial charge in [0.2, 0.25) is 5.91 Å². The van der Waals surface area contributed by atoms with Crippen LogP contribution < -0.4 is 16.0 Å². The molecule has 8 heteroatoms. The standard InChI is InChI=1S/C18H22N6OS/c1-5-9(3)13-17(25)23-14-15(22-13)20-8-21-16(14)24-18-12(7-19)11(6-2)10(4)26-18/h8-9,13H,5-6H2,1-4H3,(H,23,25)(H2,20,21,22,24). The molecular formula is C18H22N6OS. The summed E-state index contributed by atoms with van der Waals surface area (Å²) in [7, 11) is 0. The molecule has 3 heterocycles. The Labute approximate surface area is 156 Å². The number of nitrogens with zero attached hydrogens (tertiary/aromatic N) is 3. The molecule has 1 aliphatic rings. The molecule has 0 fully saturated rings. The maximum Gasteiger partial charge on any atom is 0.247 e. The van der Waals surface area contributed by atoms with Crippen LogP contribution in [0.5, 0.6) is 0 Å². The highest BCUT2D eigenvalue weighted by atomic mass is 32.1. The van der Waals surface area contributed by atoms with E-state index in [9.17, 15) is 10.1 Å². The van der Waals surface area contributed by atoms with E-state index >= 15 is 0 Å². The minimum absolute atomic E-state index is 0.0955. The van der Waals surface area contributed by atoms with Gasteiger partial charge >= 0.3 is 0 Å². The number of thiophene rings is 1. The van der Waals surface area contributed by atoms with Gasteiger partial charge in [-0.1, -0.05) is 27.2 Å². The zero-order chi connectivity index (χ0) is 18.8. The quantitative estimate of drug-likeness (QED) is 0.740. The van der Waals surface area contributed by atoms with Crippen LogP contribution >= 0.6 is 11.3 Å². The number of rotatable bonds is 5. The van der Waals surface area contributed by atoms with E-state index in [1.165, 1.54) is 17.7 Å². The number of amides is 1. The Morgan fingerprint density at radius 2 is 2.19 bits per heavy atom. The van der Waals surface area contributed by atoms with Crippen molar-refractivity contribution in [2.45, 2.75) is 46.6 Å². The molecule has 3 N–H and O–H groups in total. The molecule has 2 atom stereocenters. The summed E-state index contributed by atoms with van der Waals surface area (Å²) < 4.78 is 0. The van der Waals surface area contributed by atoms with E-state index in [1.54, 1.807) is 0 Å². The molecule has 136 valence electrons. The molecule has 26 heavy (non-hydrogen) atoms. The fourth-order valence-electron chi connectivity index (χ4n) is 3.08. The molecule has 2 aromatic heterocycles. The monoisotopic (exact) mass is 370 g/mol. The highest BCUT2D eigenvalue weighted by Gasteiger charge is 2.32. The first-order valence-corrected chi connectivity index (χ1v) is 9.53. The van der Waals surface area contributed by atoms with Crippen LogP contribution in [0.25, 0.3) is 0 Å². The maximum atomic E-state index is 12.5. The molecule has 7 nitrogen and oxygen atoms in total. The van der Waals surface area contributed by atoms with Crippen LogP contribution in [-0.4, -0.2) is 21.9 Å². The summed E-state index contributed by atoms with van der Waals surface area (Å²) in [6.45, 7) is 8.12. The van der Waals surface area contributed by atoms with Crippen LogP contribution in [0.15, 0.2) is 6.33 Å². The Morgan fingerprint density at radius 3 is 2.85 bits per heavy atom. The number of aromatic nitrogens is 2. The maximum absolute atomic E-state index is 12.5. The van der Waals surface area contributed by atoms with Crippen LogP contribution in [0.1, 0.15) is 43.2 Å². The first kappa shape index (κ1) is 18.1. The van der Waals surface area contributed by atoms with Gasteiger partial charge in [-0.05, 0) is 24.8 Å². The first-order valence-electron chi connectivity index (χ1n) is 8.71. The van der Waals surface area contributed by atoms with E-state index in [4.69, 9.17) is 0 Å². The first-order chi connectivity index (χ1) is 12.5. The van der Waals surface area contributed by atoms with Gasteiger partial charge < -0.3 is 16.0 Å². The number of anilines is 4. The molecule has 3 rings (SSSR count). The molecule has 0 saturated carbocycles. The molecule has 1 aliphatic heterocycles. The summed E-state index contributed by atoms with van der Waals surface area (Å²) in [6.07, 6.45) is 3.13. The summed E-state index contributed by atoms with van der Waals surface area (Å²) in [5.41, 5.74) is 2.20. The van der Waals surface area contributed by atoms with Gasteiger partial charge in [0.15, 0.2) is 11.6 Å². The van der Waals surface area contributed by atoms with Crippen molar-refractivity contribution < 1.29 is 4.79 Å². The predicted molar refractivity (Wildman–Crippen MR) is 104 cm³/mol. The average molecular weight is 370 g/mol. The summed E-state index contributed by atoms with van der Waals surface area (Å²) in [5, 5.41) is 19.6. The smallest absolute Gasteiger partial charge is 0.247 e. The van der Waals surface area contributed by atoms with Gasteiger partial charge in [0.05, 0.1) is 5.56 Å². The predicted octanol–water partition coefficient (Wildman–Crippen LogP) is 3.80. The highest BCUT2D eigenvalue weighted by Crippen LogP contribution is 2.38. The zero-order valence-electron chi connectivity index (χ0n) is 15.3. The lowest BCUT2D eigenvalue weighted by atomic mass is 9.97. The van der Waals surface area contributed by atoms with Crippen molar-refractivity contribution >= 4 is 39.6 Å². The van der Waals surface area contributed by atoms with Crippen molar-refractivity contribution in [2.75, 3.05) is 16.0 Å². The number of nitrogens with one attached hydrogen (secondary N) is 3. The van der Waals surface area contributed by atoms with Gasteiger partial charge in [0, 0.05) is 4.88 Å². The number of nitriles is 1. The third-order valence-electron chi connectivity index (χ3n) is 4.79. The van der Waals surface area contributed by atoms with Crippen LogP contribution in [0.4, 0.5) is 22.3 Å². The number of hydrogen-bond donors (Lipinski definition) is 3. The zero-order valence-corrected chi connectivity index (χ0v) is 16.1. The lowest BCUT2D eigenvalue weighted by Gasteiger charge is -2.30. The van der Waals surface area contributed by atoms with E-state index in [0.717, 1.165) is 28.3 Å². The summed E-state index contributed by atoms with van der Waals surface area (Å²) >= 11 is 1.52. The highest BCUT2D eigenvalue weighted by molar-refractivity contribution is 7.16. The Balaban J connectivity index is 1.96. The Morgan fingerprint density at radius 1 is 1.42 bits per heavy atom. The molecule has 0 aliphatic carbocycles. The molecule has 0 bridgehead atoms. The molecule has 0 saturated heterocycles. The van der Waals surface area contributed by atoms with E-state index in [1.807, 2.05) is 20.8 Å². The van der Waals surface area contributed by atoms with E-state index in [2.05, 4.69) is 38.9 Å². The van der Waals surface area contributed by atoms with Crippen LogP contribution in [0, 0.1) is 24.2 Å². The number of aryl methyl sites for hydroxylation is 1. The molecular weight excluding hydrogens is 348 g/mol. The molecule has 0 aromatic carbocycles.